The minimum atomic E-state index is -1.27. The summed E-state index contributed by atoms with van der Waals surface area (Å²) in [4.78, 5) is 37.1. The summed E-state index contributed by atoms with van der Waals surface area (Å²) in [5, 5.41) is 9.12. The van der Waals surface area contributed by atoms with E-state index in [1.807, 2.05) is 0 Å². The van der Waals surface area contributed by atoms with Crippen molar-refractivity contribution in [1.82, 2.24) is 4.90 Å². The van der Waals surface area contributed by atoms with E-state index in [1.54, 1.807) is 48.7 Å². The molecule has 0 radical (unpaired) electrons. The van der Waals surface area contributed by atoms with Gasteiger partial charge in [-0.2, -0.15) is 0 Å². The molecule has 36 heavy (non-hydrogen) atoms. The molecule has 3 N–H and O–H groups in total. The smallest absolute Gasteiger partial charge is 0.323 e. The normalized spacial score (nSPS) is 11.6. The van der Waals surface area contributed by atoms with Crippen molar-refractivity contribution < 1.29 is 33.0 Å². The van der Waals surface area contributed by atoms with Gasteiger partial charge in [-0.25, -0.2) is 8.78 Å². The number of carboxylic acid groups (broad SMARTS) is 1. The number of nitrogens with zero attached hydrogens (tertiary/aromatic N) is 1. The van der Waals surface area contributed by atoms with Gasteiger partial charge in [0, 0.05) is 10.5 Å². The molecule has 0 saturated heterocycles. The molecule has 0 fully saturated rings. The first-order valence-corrected chi connectivity index (χ1v) is 12.0. The molecule has 0 saturated carbocycles. The zero-order chi connectivity index (χ0) is 26.4. The Morgan fingerprint density at radius 1 is 1.06 bits per heavy atom. The Morgan fingerprint density at radius 3 is 2.33 bits per heavy atom. The second-order valence-electron chi connectivity index (χ2n) is 7.89. The molecule has 0 aromatic heterocycles. The fourth-order valence-corrected chi connectivity index (χ4v) is 4.08. The Morgan fingerprint density at radius 2 is 1.72 bits per heavy atom. The van der Waals surface area contributed by atoms with E-state index in [1.165, 1.54) is 24.8 Å². The van der Waals surface area contributed by atoms with E-state index in [0.717, 1.165) is 17.0 Å². The number of carbonyl (C=O) groups excluding carboxylic acids is 2. The average molecular weight is 515 g/mol. The molecule has 188 valence electrons. The summed E-state index contributed by atoms with van der Waals surface area (Å²) in [6, 6.07) is 14.5. The Bertz CT molecular complexity index is 1280. The fourth-order valence-electron chi connectivity index (χ4n) is 3.46. The quantitative estimate of drug-likeness (QED) is 0.390. The van der Waals surface area contributed by atoms with Crippen LogP contribution in [0.5, 0.6) is 5.75 Å². The van der Waals surface area contributed by atoms with Crippen LogP contribution in [0.3, 0.4) is 0 Å². The first-order valence-electron chi connectivity index (χ1n) is 10.8. The molecule has 2 amide bonds. The number of thioether (sulfide) groups is 1. The summed E-state index contributed by atoms with van der Waals surface area (Å²) < 4.78 is 33.1. The fraction of sp³-hybridized carbons (Fsp3) is 0.192. The van der Waals surface area contributed by atoms with Crippen molar-refractivity contribution in [2.75, 3.05) is 12.8 Å². The van der Waals surface area contributed by atoms with Gasteiger partial charge in [0.25, 0.3) is 5.91 Å². The van der Waals surface area contributed by atoms with Crippen LogP contribution in [0.15, 0.2) is 65.6 Å². The molecule has 3 aromatic carbocycles. The Balaban J connectivity index is 1.73. The van der Waals surface area contributed by atoms with Gasteiger partial charge in [-0.1, -0.05) is 24.3 Å². The number of benzene rings is 3. The van der Waals surface area contributed by atoms with Crippen LogP contribution in [-0.2, 0) is 16.2 Å². The first kappa shape index (κ1) is 26.7. The van der Waals surface area contributed by atoms with Crippen molar-refractivity contribution in [3.8, 4) is 16.9 Å². The van der Waals surface area contributed by atoms with Gasteiger partial charge < -0.3 is 20.5 Å². The lowest BCUT2D eigenvalue weighted by Crippen LogP contribution is -2.48. The lowest BCUT2D eigenvalue weighted by Gasteiger charge is -2.25. The number of halogens is 2. The van der Waals surface area contributed by atoms with Crippen molar-refractivity contribution in [2.45, 2.75) is 24.5 Å². The molecule has 0 spiro atoms. The zero-order valence-corrected chi connectivity index (χ0v) is 20.4. The molecule has 10 heteroatoms. The van der Waals surface area contributed by atoms with Gasteiger partial charge in [0.15, 0.2) is 11.6 Å². The lowest BCUT2D eigenvalue weighted by molar-refractivity contribution is -0.138. The molecule has 0 aliphatic rings. The highest BCUT2D eigenvalue weighted by molar-refractivity contribution is 7.98. The molecule has 0 heterocycles. The van der Waals surface area contributed by atoms with Gasteiger partial charge in [0.05, 0.1) is 0 Å². The van der Waals surface area contributed by atoms with Crippen LogP contribution in [0.25, 0.3) is 11.1 Å². The summed E-state index contributed by atoms with van der Waals surface area (Å²) >= 11 is 1.31. The van der Waals surface area contributed by atoms with Gasteiger partial charge in [-0.3, -0.25) is 14.4 Å². The highest BCUT2D eigenvalue weighted by Crippen LogP contribution is 2.33. The molecule has 1 atom stereocenters. The average Bonchev–Trinajstić information content (AvgIpc) is 2.87. The van der Waals surface area contributed by atoms with E-state index < -0.39 is 42.0 Å². The van der Waals surface area contributed by atoms with Crippen LogP contribution in [0, 0.1) is 11.6 Å². The molecular formula is C26H24F2N2O5S. The second kappa shape index (κ2) is 11.7. The maximum absolute atomic E-state index is 13.8. The van der Waals surface area contributed by atoms with Gasteiger partial charge in [0.2, 0.25) is 5.91 Å². The van der Waals surface area contributed by atoms with Crippen molar-refractivity contribution >= 4 is 29.5 Å². The maximum atomic E-state index is 13.8. The molecule has 0 bridgehead atoms. The molecule has 3 aromatic rings. The topological polar surface area (TPSA) is 110 Å². The van der Waals surface area contributed by atoms with E-state index in [4.69, 9.17) is 15.6 Å². The van der Waals surface area contributed by atoms with Crippen molar-refractivity contribution in [1.29, 1.82) is 0 Å². The third-order valence-corrected chi connectivity index (χ3v) is 6.21. The number of carboxylic acids is 1. The summed E-state index contributed by atoms with van der Waals surface area (Å²) in [7, 11) is 0. The minimum absolute atomic E-state index is 0.103. The van der Waals surface area contributed by atoms with Crippen molar-refractivity contribution in [2.24, 2.45) is 5.73 Å². The summed E-state index contributed by atoms with van der Waals surface area (Å²) in [6.07, 6.45) is 1.78. The first-order chi connectivity index (χ1) is 17.1. The maximum Gasteiger partial charge on any atom is 0.323 e. The van der Waals surface area contributed by atoms with Crippen LogP contribution in [0.2, 0.25) is 0 Å². The van der Waals surface area contributed by atoms with E-state index in [2.05, 4.69) is 0 Å². The number of primary amides is 1. The number of nitrogens with two attached hydrogens (primary N) is 1. The number of carbonyl (C=O) groups is 3. The SMILES string of the molecule is CSc1cc(F)c(F)cc1-c1ccc(OCc2cccc(C(=O)N(CC(=O)O)[C@@H](C)C(N)=O)c2)cc1. The molecule has 0 aliphatic carbocycles. The number of amides is 2. The molecule has 0 unspecified atom stereocenters. The van der Waals surface area contributed by atoms with Gasteiger partial charge in [-0.15, -0.1) is 11.8 Å². The van der Waals surface area contributed by atoms with Crippen LogP contribution in [0.4, 0.5) is 8.78 Å². The van der Waals surface area contributed by atoms with E-state index >= 15 is 0 Å². The standard InChI is InChI=1S/C26H24F2N2O5S/c1-15(25(29)33)30(13-24(31)32)26(34)18-5-3-4-16(10-18)14-35-19-8-6-17(7-9-19)20-11-21(27)22(28)12-23(20)36-2/h3-12,15H,13-14H2,1-2H3,(H2,29,33)(H,31,32)/t15-/m0/s1. The molecule has 7 nitrogen and oxygen atoms in total. The van der Waals surface area contributed by atoms with E-state index in [0.29, 0.717) is 27.3 Å². The van der Waals surface area contributed by atoms with Crippen LogP contribution >= 0.6 is 11.8 Å². The number of aliphatic carboxylic acids is 1. The van der Waals surface area contributed by atoms with E-state index in [-0.39, 0.29) is 12.2 Å². The number of ether oxygens (including phenoxy) is 1. The molecule has 0 aliphatic heterocycles. The Labute approximate surface area is 210 Å². The van der Waals surface area contributed by atoms with Gasteiger partial charge >= 0.3 is 5.97 Å². The summed E-state index contributed by atoms with van der Waals surface area (Å²) in [5.74, 6) is -4.05. The van der Waals surface area contributed by atoms with Crippen molar-refractivity contribution in [3.63, 3.8) is 0 Å². The lowest BCUT2D eigenvalue weighted by atomic mass is 10.1. The van der Waals surface area contributed by atoms with Gasteiger partial charge in [0.1, 0.15) is 24.9 Å². The second-order valence-corrected chi connectivity index (χ2v) is 8.73. The van der Waals surface area contributed by atoms with Crippen molar-refractivity contribution in [3.05, 3.63) is 83.4 Å². The zero-order valence-electron chi connectivity index (χ0n) is 19.5. The number of hydrogen-bond acceptors (Lipinski definition) is 5. The highest BCUT2D eigenvalue weighted by Gasteiger charge is 2.27. The summed E-state index contributed by atoms with van der Waals surface area (Å²) in [5.41, 5.74) is 7.35. The Kier molecular flexibility index (Phi) is 8.65. The summed E-state index contributed by atoms with van der Waals surface area (Å²) in [6.45, 7) is 0.792. The number of hydrogen-bond donors (Lipinski definition) is 2. The number of rotatable bonds is 10. The van der Waals surface area contributed by atoms with Gasteiger partial charge in [-0.05, 0) is 66.3 Å². The van der Waals surface area contributed by atoms with Crippen LogP contribution in [0.1, 0.15) is 22.8 Å². The predicted molar refractivity (Wildman–Crippen MR) is 132 cm³/mol. The predicted octanol–water partition coefficient (Wildman–Crippen LogP) is 4.33. The third kappa shape index (κ3) is 6.39. The highest BCUT2D eigenvalue weighted by atomic mass is 32.2. The van der Waals surface area contributed by atoms with Crippen LogP contribution in [-0.4, -0.2) is 46.6 Å². The van der Waals surface area contributed by atoms with E-state index in [9.17, 15) is 23.2 Å². The molecule has 3 rings (SSSR count). The van der Waals surface area contributed by atoms with Crippen LogP contribution < -0.4 is 10.5 Å². The monoisotopic (exact) mass is 514 g/mol. The molecular weight excluding hydrogens is 490 g/mol. The largest absolute Gasteiger partial charge is 0.489 e. The Hall–Kier alpha value is -3.92. The minimum Gasteiger partial charge on any atom is -0.489 e. The third-order valence-electron chi connectivity index (χ3n) is 5.43.